The summed E-state index contributed by atoms with van der Waals surface area (Å²) < 4.78 is 9.26. The number of ketones is 1. The third-order valence-corrected chi connectivity index (χ3v) is 9.36. The predicted octanol–water partition coefficient (Wildman–Crippen LogP) is 5.60. The van der Waals surface area contributed by atoms with Gasteiger partial charge in [-0.3, -0.25) is 24.2 Å². The Morgan fingerprint density at radius 2 is 1.90 bits per heavy atom. The number of hydrogen-bond donors (Lipinski definition) is 2. The molecule has 260 valence electrons. The molecule has 4 aromatic rings. The summed E-state index contributed by atoms with van der Waals surface area (Å²) in [7, 11) is 3.46. The van der Waals surface area contributed by atoms with Crippen molar-refractivity contribution in [1.29, 1.82) is 0 Å². The molecule has 4 heterocycles. The third-order valence-electron chi connectivity index (χ3n) is 9.36. The van der Waals surface area contributed by atoms with Crippen molar-refractivity contribution in [3.8, 4) is 5.75 Å². The van der Waals surface area contributed by atoms with Crippen LogP contribution in [-0.2, 0) is 31.7 Å². The van der Waals surface area contributed by atoms with Gasteiger partial charge in [-0.1, -0.05) is 30.4 Å². The number of hydrogen-bond acceptors (Lipinski definition) is 7. The summed E-state index contributed by atoms with van der Waals surface area (Å²) in [5.41, 5.74) is 7.08. The SMILES string of the molecule is C=C1C[C@H]2C=Nc3cc(OCCCC(=O)Nc4cn(C)c(C(=O)Cc5cc(C(=O)Nc6ccc7c(c6)C=CC7)n(C)c5)n4)c(C)cc3C(=O)N2C1. The summed E-state index contributed by atoms with van der Waals surface area (Å²) in [6.07, 6.45) is 11.6. The van der Waals surface area contributed by atoms with Gasteiger partial charge in [0.1, 0.15) is 11.4 Å². The summed E-state index contributed by atoms with van der Waals surface area (Å²) in [6, 6.07) is 11.1. The van der Waals surface area contributed by atoms with Gasteiger partial charge in [0.25, 0.3) is 11.8 Å². The first kappa shape index (κ1) is 33.5. The number of rotatable bonds is 11. The molecule has 51 heavy (non-hydrogen) atoms. The summed E-state index contributed by atoms with van der Waals surface area (Å²) in [5.74, 6) is 0.248. The average molecular weight is 686 g/mol. The molecule has 0 spiro atoms. The minimum Gasteiger partial charge on any atom is -0.493 e. The van der Waals surface area contributed by atoms with Crippen LogP contribution in [0.2, 0.25) is 0 Å². The van der Waals surface area contributed by atoms with Crippen molar-refractivity contribution < 1.29 is 23.9 Å². The molecule has 1 saturated heterocycles. The minimum absolute atomic E-state index is 0.0382. The number of carbonyl (C=O) groups excluding carboxylic acids is 4. The number of aliphatic imine (C=N–C) groups is 1. The molecule has 0 radical (unpaired) electrons. The van der Waals surface area contributed by atoms with Crippen molar-refractivity contribution in [2.75, 3.05) is 23.8 Å². The van der Waals surface area contributed by atoms with Crippen LogP contribution in [0, 0.1) is 6.92 Å². The number of benzene rings is 2. The highest BCUT2D eigenvalue weighted by Crippen LogP contribution is 2.35. The molecule has 2 aromatic carbocycles. The topological polar surface area (TPSA) is 140 Å². The summed E-state index contributed by atoms with van der Waals surface area (Å²) >= 11 is 0. The number of fused-ring (bicyclic) bond motifs is 3. The molecule has 1 aliphatic carbocycles. The molecule has 1 atom stereocenters. The summed E-state index contributed by atoms with van der Waals surface area (Å²) in [5, 5.41) is 5.71. The monoisotopic (exact) mass is 685 g/mol. The molecular formula is C39H39N7O5. The van der Waals surface area contributed by atoms with Gasteiger partial charge in [-0.05, 0) is 72.7 Å². The van der Waals surface area contributed by atoms with Gasteiger partial charge in [0.05, 0.1) is 23.9 Å². The Morgan fingerprint density at radius 3 is 2.75 bits per heavy atom. The molecule has 0 unspecified atom stereocenters. The highest BCUT2D eigenvalue weighted by molar-refractivity contribution is 6.05. The van der Waals surface area contributed by atoms with E-state index in [-0.39, 0.29) is 60.6 Å². The number of ether oxygens (including phenoxy) is 1. The van der Waals surface area contributed by atoms with E-state index in [4.69, 9.17) is 4.74 Å². The fraction of sp³-hybridized carbons (Fsp3) is 0.282. The lowest BCUT2D eigenvalue weighted by molar-refractivity contribution is -0.116. The van der Waals surface area contributed by atoms with Crippen LogP contribution in [0.4, 0.5) is 17.2 Å². The Balaban J connectivity index is 0.898. The van der Waals surface area contributed by atoms with Crippen molar-refractivity contribution in [3.63, 3.8) is 0 Å². The molecule has 12 nitrogen and oxygen atoms in total. The fourth-order valence-electron chi connectivity index (χ4n) is 6.76. The molecule has 2 aromatic heterocycles. The van der Waals surface area contributed by atoms with E-state index in [2.05, 4.69) is 33.3 Å². The Kier molecular flexibility index (Phi) is 8.99. The van der Waals surface area contributed by atoms with Crippen LogP contribution >= 0.6 is 0 Å². The van der Waals surface area contributed by atoms with Crippen LogP contribution in [0.15, 0.2) is 72.0 Å². The number of carbonyl (C=O) groups is 4. The average Bonchev–Trinajstić information content (AvgIpc) is 3.87. The normalized spacial score (nSPS) is 15.7. The van der Waals surface area contributed by atoms with Gasteiger partial charge in [-0.2, -0.15) is 0 Å². The van der Waals surface area contributed by atoms with E-state index in [0.29, 0.717) is 46.9 Å². The van der Waals surface area contributed by atoms with Crippen molar-refractivity contribution in [2.45, 2.75) is 45.1 Å². The van der Waals surface area contributed by atoms with Gasteiger partial charge >= 0.3 is 0 Å². The Morgan fingerprint density at radius 1 is 1.06 bits per heavy atom. The number of anilines is 2. The molecule has 1 fully saturated rings. The molecule has 7 rings (SSSR count). The summed E-state index contributed by atoms with van der Waals surface area (Å²) in [6.45, 7) is 6.73. The maximum atomic E-state index is 13.2. The summed E-state index contributed by atoms with van der Waals surface area (Å²) in [4.78, 5) is 62.9. The lowest BCUT2D eigenvalue weighted by atomic mass is 10.1. The number of Topliss-reactive ketones (excluding diaryl/α,β-unsaturated/α-hetero) is 1. The van der Waals surface area contributed by atoms with E-state index in [1.807, 2.05) is 37.3 Å². The first-order chi connectivity index (χ1) is 24.5. The predicted molar refractivity (Wildman–Crippen MR) is 195 cm³/mol. The van der Waals surface area contributed by atoms with E-state index in [1.54, 1.807) is 58.9 Å². The van der Waals surface area contributed by atoms with Crippen molar-refractivity contribution >= 4 is 53.0 Å². The number of aromatic nitrogens is 3. The number of aryl methyl sites for hydroxylation is 3. The minimum atomic E-state index is -0.267. The van der Waals surface area contributed by atoms with Crippen LogP contribution in [0.3, 0.4) is 0 Å². The van der Waals surface area contributed by atoms with Gasteiger partial charge in [0.15, 0.2) is 11.6 Å². The second kappa shape index (κ2) is 13.7. The van der Waals surface area contributed by atoms with Crippen LogP contribution in [0.5, 0.6) is 5.75 Å². The number of nitrogens with zero attached hydrogens (tertiary/aromatic N) is 5. The number of allylic oxidation sites excluding steroid dienone is 1. The van der Waals surface area contributed by atoms with Crippen molar-refractivity contribution in [3.05, 3.63) is 106 Å². The molecule has 2 N–H and O–H groups in total. The smallest absolute Gasteiger partial charge is 0.272 e. The maximum Gasteiger partial charge on any atom is 0.272 e. The van der Waals surface area contributed by atoms with Gasteiger partial charge in [0, 0.05) is 63.8 Å². The highest BCUT2D eigenvalue weighted by atomic mass is 16.5. The number of amides is 3. The first-order valence-corrected chi connectivity index (χ1v) is 16.9. The molecule has 0 bridgehead atoms. The van der Waals surface area contributed by atoms with Gasteiger partial charge in [0.2, 0.25) is 11.7 Å². The third kappa shape index (κ3) is 7.03. The maximum absolute atomic E-state index is 13.2. The Bertz CT molecular complexity index is 2170. The van der Waals surface area contributed by atoms with Crippen LogP contribution in [0.25, 0.3) is 6.08 Å². The Hall–Kier alpha value is -6.04. The lowest BCUT2D eigenvalue weighted by Crippen LogP contribution is -2.35. The first-order valence-electron chi connectivity index (χ1n) is 16.9. The zero-order valence-electron chi connectivity index (χ0n) is 28.9. The molecule has 0 saturated carbocycles. The van der Waals surface area contributed by atoms with E-state index < -0.39 is 0 Å². The van der Waals surface area contributed by atoms with E-state index in [0.717, 1.165) is 29.5 Å². The van der Waals surface area contributed by atoms with E-state index >= 15 is 0 Å². The largest absolute Gasteiger partial charge is 0.493 e. The highest BCUT2D eigenvalue weighted by Gasteiger charge is 2.34. The molecule has 3 amide bonds. The molecule has 12 heteroatoms. The van der Waals surface area contributed by atoms with Crippen LogP contribution in [0.1, 0.15) is 73.0 Å². The van der Waals surface area contributed by atoms with Gasteiger partial charge in [-0.15, -0.1) is 0 Å². The molecule has 2 aliphatic heterocycles. The lowest BCUT2D eigenvalue weighted by Gasteiger charge is -2.20. The van der Waals surface area contributed by atoms with Crippen LogP contribution in [-0.4, -0.2) is 67.9 Å². The zero-order valence-corrected chi connectivity index (χ0v) is 28.9. The number of nitrogens with one attached hydrogen (secondary N) is 2. The van der Waals surface area contributed by atoms with Crippen molar-refractivity contribution in [2.24, 2.45) is 19.1 Å². The van der Waals surface area contributed by atoms with E-state index in [1.165, 1.54) is 5.56 Å². The standard InChI is InChI=1S/C39H39N7O5/c1-23-13-29-19-40-31-18-34(24(2)14-30(31)39(50)46(29)20-23)51-12-6-9-36(48)42-35-22-45(4)37(43-35)33(47)16-25-15-32(44(3)21-25)38(49)41-28-11-10-26-7-5-8-27(26)17-28/h5,8,10-11,14-15,17-19,21-22,29H,1,6-7,9,12-13,16,20H2,2-4H3,(H,41,49)(H,42,48)/t29-/m0/s1. The van der Waals surface area contributed by atoms with Gasteiger partial charge in [-0.25, -0.2) is 4.98 Å². The van der Waals surface area contributed by atoms with Gasteiger partial charge < -0.3 is 29.4 Å². The quantitative estimate of drug-likeness (QED) is 0.120. The zero-order chi connectivity index (χ0) is 35.8. The molecular weight excluding hydrogens is 646 g/mol. The Labute approximate surface area is 295 Å². The van der Waals surface area contributed by atoms with Crippen LogP contribution < -0.4 is 15.4 Å². The second-order valence-electron chi connectivity index (χ2n) is 13.3. The number of imidazole rings is 1. The van der Waals surface area contributed by atoms with Crippen molar-refractivity contribution in [1.82, 2.24) is 19.0 Å². The second-order valence-corrected chi connectivity index (χ2v) is 13.3. The fourth-order valence-corrected chi connectivity index (χ4v) is 6.76. The molecule has 3 aliphatic rings. The van der Waals surface area contributed by atoms with E-state index in [9.17, 15) is 19.2 Å².